The number of nitrogens with zero attached hydrogens (tertiary/aromatic N) is 4. The van der Waals surface area contributed by atoms with Crippen LogP contribution in [0.15, 0.2) is 42.5 Å². The number of hydrogen-bond donors (Lipinski definition) is 1. The number of hydrogen-bond acceptors (Lipinski definition) is 6. The highest BCUT2D eigenvalue weighted by Gasteiger charge is 2.25. The first-order valence-electron chi connectivity index (χ1n) is 9.63. The van der Waals surface area contributed by atoms with Gasteiger partial charge in [-0.2, -0.15) is 5.26 Å². The number of rotatable bonds is 5. The van der Waals surface area contributed by atoms with Gasteiger partial charge in [-0.1, -0.05) is 23.7 Å². The summed E-state index contributed by atoms with van der Waals surface area (Å²) in [6, 6.07) is 13.3. The van der Waals surface area contributed by atoms with Gasteiger partial charge in [-0.3, -0.25) is 19.8 Å². The van der Waals surface area contributed by atoms with Crippen molar-refractivity contribution >= 4 is 34.6 Å². The predicted molar refractivity (Wildman–Crippen MR) is 116 cm³/mol. The van der Waals surface area contributed by atoms with Crippen molar-refractivity contribution in [2.24, 2.45) is 0 Å². The Hall–Kier alpha value is -3.15. The van der Waals surface area contributed by atoms with Gasteiger partial charge in [0.15, 0.2) is 0 Å². The van der Waals surface area contributed by atoms with E-state index in [1.54, 1.807) is 0 Å². The van der Waals surface area contributed by atoms with E-state index in [0.717, 1.165) is 25.2 Å². The van der Waals surface area contributed by atoms with E-state index in [2.05, 4.69) is 21.2 Å². The molecule has 1 aliphatic heterocycles. The Bertz CT molecular complexity index is 991. The molecule has 1 N–H and O–H groups in total. The second kappa shape index (κ2) is 9.57. The van der Waals surface area contributed by atoms with E-state index in [0.29, 0.717) is 24.3 Å². The third kappa shape index (κ3) is 4.87. The van der Waals surface area contributed by atoms with E-state index in [-0.39, 0.29) is 16.6 Å². The fourth-order valence-electron chi connectivity index (χ4n) is 3.53. The van der Waals surface area contributed by atoms with Crippen LogP contribution in [-0.4, -0.2) is 48.0 Å². The second-order valence-corrected chi connectivity index (χ2v) is 7.50. The Labute approximate surface area is 179 Å². The van der Waals surface area contributed by atoms with Gasteiger partial charge in [-0.15, -0.1) is 0 Å². The number of para-hydroxylation sites is 1. The van der Waals surface area contributed by atoms with Crippen LogP contribution in [0.3, 0.4) is 0 Å². The molecule has 1 unspecified atom stereocenters. The lowest BCUT2D eigenvalue weighted by molar-refractivity contribution is -0.384. The van der Waals surface area contributed by atoms with Crippen LogP contribution in [-0.2, 0) is 4.79 Å². The molecule has 3 rings (SSSR count). The lowest BCUT2D eigenvalue weighted by atomic mass is 10.1. The highest BCUT2D eigenvalue weighted by molar-refractivity contribution is 6.34. The van der Waals surface area contributed by atoms with Crippen LogP contribution < -0.4 is 10.2 Å². The van der Waals surface area contributed by atoms with Crippen molar-refractivity contribution in [2.75, 3.05) is 36.4 Å². The number of nitriles is 1. The van der Waals surface area contributed by atoms with Crippen LogP contribution in [0.2, 0.25) is 5.02 Å². The molecule has 0 bridgehead atoms. The highest BCUT2D eigenvalue weighted by Crippen LogP contribution is 2.27. The fraction of sp³-hybridized carbons (Fsp3) is 0.333. The van der Waals surface area contributed by atoms with E-state index < -0.39 is 11.0 Å². The Morgan fingerprint density at radius 3 is 2.70 bits per heavy atom. The van der Waals surface area contributed by atoms with Crippen molar-refractivity contribution in [3.05, 3.63) is 63.2 Å². The maximum atomic E-state index is 12.7. The van der Waals surface area contributed by atoms with Gasteiger partial charge in [0.25, 0.3) is 5.69 Å². The SMILES string of the molecule is CC(C(=O)Nc1ccc([N+](=O)[O-])cc1Cl)N1CCCN(c2ccccc2C#N)CC1. The zero-order valence-corrected chi connectivity index (χ0v) is 17.3. The number of carbonyl (C=O) groups is 1. The third-order valence-electron chi connectivity index (χ3n) is 5.24. The quantitative estimate of drug-likeness (QED) is 0.577. The summed E-state index contributed by atoms with van der Waals surface area (Å²) in [5, 5.41) is 23.1. The monoisotopic (exact) mass is 427 g/mol. The van der Waals surface area contributed by atoms with Gasteiger partial charge in [0.1, 0.15) is 6.07 Å². The number of anilines is 2. The summed E-state index contributed by atoms with van der Waals surface area (Å²) >= 11 is 6.08. The first-order chi connectivity index (χ1) is 14.4. The minimum atomic E-state index is -0.534. The Balaban J connectivity index is 1.64. The van der Waals surface area contributed by atoms with Gasteiger partial charge in [0.2, 0.25) is 5.91 Å². The molecule has 2 aromatic carbocycles. The minimum absolute atomic E-state index is 0.125. The van der Waals surface area contributed by atoms with Gasteiger partial charge in [0.05, 0.1) is 32.9 Å². The van der Waals surface area contributed by atoms with Crippen molar-refractivity contribution in [3.8, 4) is 6.07 Å². The molecule has 0 aromatic heterocycles. The highest BCUT2D eigenvalue weighted by atomic mass is 35.5. The standard InChI is InChI=1S/C21H22ClN5O3/c1-15(21(28)24-19-8-7-17(27(29)30)13-18(19)22)25-9-4-10-26(12-11-25)20-6-3-2-5-16(20)14-23/h2-3,5-8,13,15H,4,9-12H2,1H3,(H,24,28). The number of amides is 1. The average Bonchev–Trinajstić information content (AvgIpc) is 3.00. The molecule has 1 heterocycles. The normalized spacial score (nSPS) is 15.7. The number of nitrogens with one attached hydrogen (secondary N) is 1. The molecule has 1 aliphatic rings. The summed E-state index contributed by atoms with van der Waals surface area (Å²) in [7, 11) is 0. The van der Waals surface area contributed by atoms with Crippen molar-refractivity contribution in [2.45, 2.75) is 19.4 Å². The first-order valence-corrected chi connectivity index (χ1v) is 10.0. The summed E-state index contributed by atoms with van der Waals surface area (Å²) < 4.78 is 0. The molecule has 1 saturated heterocycles. The van der Waals surface area contributed by atoms with Gasteiger partial charge in [0, 0.05) is 38.3 Å². The lowest BCUT2D eigenvalue weighted by Gasteiger charge is -2.27. The number of nitro benzene ring substituents is 1. The van der Waals surface area contributed by atoms with Crippen LogP contribution in [0.4, 0.5) is 17.1 Å². The first kappa shape index (κ1) is 21.6. The van der Waals surface area contributed by atoms with Gasteiger partial charge in [-0.05, 0) is 31.5 Å². The Morgan fingerprint density at radius 1 is 1.23 bits per heavy atom. The summed E-state index contributed by atoms with van der Waals surface area (Å²) in [4.78, 5) is 27.3. The molecule has 0 spiro atoms. The maximum absolute atomic E-state index is 12.7. The van der Waals surface area contributed by atoms with Crippen molar-refractivity contribution < 1.29 is 9.72 Å². The number of nitro groups is 1. The van der Waals surface area contributed by atoms with E-state index in [9.17, 15) is 20.2 Å². The average molecular weight is 428 g/mol. The molecule has 1 amide bonds. The molecule has 8 nitrogen and oxygen atoms in total. The maximum Gasteiger partial charge on any atom is 0.271 e. The lowest BCUT2D eigenvalue weighted by Crippen LogP contribution is -2.44. The molecule has 0 radical (unpaired) electrons. The zero-order chi connectivity index (χ0) is 21.7. The van der Waals surface area contributed by atoms with E-state index in [1.807, 2.05) is 31.2 Å². The van der Waals surface area contributed by atoms with E-state index >= 15 is 0 Å². The van der Waals surface area contributed by atoms with E-state index in [1.165, 1.54) is 18.2 Å². The molecule has 30 heavy (non-hydrogen) atoms. The number of benzene rings is 2. The van der Waals surface area contributed by atoms with Gasteiger partial charge < -0.3 is 10.2 Å². The molecular formula is C21H22ClN5O3. The molecule has 156 valence electrons. The van der Waals surface area contributed by atoms with Crippen LogP contribution >= 0.6 is 11.6 Å². The van der Waals surface area contributed by atoms with E-state index in [4.69, 9.17) is 11.6 Å². The van der Waals surface area contributed by atoms with Gasteiger partial charge >= 0.3 is 0 Å². The molecule has 1 atom stereocenters. The summed E-state index contributed by atoms with van der Waals surface area (Å²) in [5.41, 5.74) is 1.77. The number of halogens is 1. The summed E-state index contributed by atoms with van der Waals surface area (Å²) in [6.07, 6.45) is 0.857. The second-order valence-electron chi connectivity index (χ2n) is 7.09. The Kier molecular flexibility index (Phi) is 6.87. The molecule has 1 fully saturated rings. The van der Waals surface area contributed by atoms with Crippen LogP contribution in [0, 0.1) is 21.4 Å². The van der Waals surface area contributed by atoms with Crippen LogP contribution in [0.25, 0.3) is 0 Å². The molecule has 2 aromatic rings. The largest absolute Gasteiger partial charge is 0.369 e. The smallest absolute Gasteiger partial charge is 0.271 e. The number of carbonyl (C=O) groups excluding carboxylic acids is 1. The summed E-state index contributed by atoms with van der Waals surface area (Å²) in [5.74, 6) is -0.225. The Morgan fingerprint density at radius 2 is 2.00 bits per heavy atom. The fourth-order valence-corrected chi connectivity index (χ4v) is 3.75. The molecule has 9 heteroatoms. The van der Waals surface area contributed by atoms with Crippen LogP contribution in [0.1, 0.15) is 18.9 Å². The predicted octanol–water partition coefficient (Wildman–Crippen LogP) is 3.66. The molecule has 0 aliphatic carbocycles. The topological polar surface area (TPSA) is 103 Å². The van der Waals surface area contributed by atoms with Crippen molar-refractivity contribution in [1.82, 2.24) is 4.90 Å². The minimum Gasteiger partial charge on any atom is -0.369 e. The third-order valence-corrected chi connectivity index (χ3v) is 5.56. The van der Waals surface area contributed by atoms with Crippen LogP contribution in [0.5, 0.6) is 0 Å². The zero-order valence-electron chi connectivity index (χ0n) is 16.5. The van der Waals surface area contributed by atoms with Crippen molar-refractivity contribution in [3.63, 3.8) is 0 Å². The molecule has 0 saturated carbocycles. The summed E-state index contributed by atoms with van der Waals surface area (Å²) in [6.45, 7) is 4.75. The van der Waals surface area contributed by atoms with Gasteiger partial charge in [-0.25, -0.2) is 0 Å². The number of non-ortho nitro benzene ring substituents is 1. The molecular weight excluding hydrogens is 406 g/mol. The van der Waals surface area contributed by atoms with Crippen molar-refractivity contribution in [1.29, 1.82) is 5.26 Å².